The number of anilines is 1. The Labute approximate surface area is 143 Å². The van der Waals surface area contributed by atoms with Crippen molar-refractivity contribution in [3.8, 4) is 11.3 Å². The molecule has 0 aliphatic rings. The predicted octanol–water partition coefficient (Wildman–Crippen LogP) is 5.17. The minimum atomic E-state index is -0.115. The summed E-state index contributed by atoms with van der Waals surface area (Å²) >= 11 is 3.10. The Morgan fingerprint density at radius 1 is 1.13 bits per heavy atom. The maximum Gasteiger partial charge on any atom is 0.258 e. The lowest BCUT2D eigenvalue weighted by Crippen LogP contribution is -2.12. The van der Waals surface area contributed by atoms with Crippen LogP contribution in [0.5, 0.6) is 0 Å². The van der Waals surface area contributed by atoms with Gasteiger partial charge in [-0.15, -0.1) is 23.1 Å². The predicted molar refractivity (Wildman–Crippen MR) is 98.3 cm³/mol. The molecule has 0 spiro atoms. The van der Waals surface area contributed by atoms with Crippen molar-refractivity contribution in [3.05, 3.63) is 65.5 Å². The number of nitrogens with one attached hydrogen (secondary N) is 1. The molecule has 0 saturated carbocycles. The summed E-state index contributed by atoms with van der Waals surface area (Å²) in [4.78, 5) is 18.0. The summed E-state index contributed by atoms with van der Waals surface area (Å²) in [6, 6.07) is 17.6. The molecule has 3 rings (SSSR count). The van der Waals surface area contributed by atoms with Crippen molar-refractivity contribution < 1.29 is 4.79 Å². The van der Waals surface area contributed by atoms with Crippen molar-refractivity contribution >= 4 is 34.1 Å². The molecule has 0 aliphatic carbocycles. The maximum atomic E-state index is 12.5. The highest BCUT2D eigenvalue weighted by Gasteiger charge is 2.13. The summed E-state index contributed by atoms with van der Waals surface area (Å²) in [6.45, 7) is 2.08. The van der Waals surface area contributed by atoms with Gasteiger partial charge >= 0.3 is 0 Å². The SMILES string of the molecule is CCSc1ccccc1C(=O)Nc1nc(-c2ccccc2)cs1. The third kappa shape index (κ3) is 3.81. The van der Waals surface area contributed by atoms with Gasteiger partial charge in [0.25, 0.3) is 5.91 Å². The van der Waals surface area contributed by atoms with Gasteiger partial charge in [-0.1, -0.05) is 49.4 Å². The standard InChI is InChI=1S/C18H16N2OS2/c1-2-22-16-11-7-6-10-14(16)17(21)20-18-19-15(12-23-18)13-8-4-3-5-9-13/h3-12H,2H2,1H3,(H,19,20,21). The van der Waals surface area contributed by atoms with E-state index in [0.29, 0.717) is 10.7 Å². The van der Waals surface area contributed by atoms with Gasteiger partial charge in [-0.3, -0.25) is 10.1 Å². The van der Waals surface area contributed by atoms with E-state index in [1.807, 2.05) is 60.0 Å². The summed E-state index contributed by atoms with van der Waals surface area (Å²) in [5.41, 5.74) is 2.61. The Hall–Kier alpha value is -2.11. The number of carbonyl (C=O) groups is 1. The molecule has 0 unspecified atom stereocenters. The molecular weight excluding hydrogens is 324 g/mol. The van der Waals surface area contributed by atoms with Gasteiger partial charge in [0.1, 0.15) is 0 Å². The fourth-order valence-electron chi connectivity index (χ4n) is 2.17. The van der Waals surface area contributed by atoms with E-state index >= 15 is 0 Å². The average Bonchev–Trinajstić information content (AvgIpc) is 3.05. The molecule has 0 aliphatic heterocycles. The van der Waals surface area contributed by atoms with Crippen LogP contribution in [0.15, 0.2) is 64.9 Å². The Morgan fingerprint density at radius 2 is 1.87 bits per heavy atom. The molecule has 1 heterocycles. The first-order valence-corrected chi connectivity index (χ1v) is 9.18. The summed E-state index contributed by atoms with van der Waals surface area (Å²) in [5.74, 6) is 0.815. The van der Waals surface area contributed by atoms with E-state index in [1.165, 1.54) is 11.3 Å². The van der Waals surface area contributed by atoms with Crippen LogP contribution in [0.4, 0.5) is 5.13 Å². The van der Waals surface area contributed by atoms with E-state index in [0.717, 1.165) is 21.9 Å². The van der Waals surface area contributed by atoms with Crippen LogP contribution in [0.2, 0.25) is 0 Å². The zero-order valence-corrected chi connectivity index (χ0v) is 14.3. The van der Waals surface area contributed by atoms with Gasteiger partial charge < -0.3 is 0 Å². The van der Waals surface area contributed by atoms with Gasteiger partial charge in [-0.05, 0) is 17.9 Å². The molecule has 2 aromatic carbocycles. The van der Waals surface area contributed by atoms with Crippen molar-refractivity contribution in [1.29, 1.82) is 0 Å². The van der Waals surface area contributed by atoms with E-state index in [1.54, 1.807) is 11.8 Å². The topological polar surface area (TPSA) is 42.0 Å². The van der Waals surface area contributed by atoms with E-state index in [-0.39, 0.29) is 5.91 Å². The summed E-state index contributed by atoms with van der Waals surface area (Å²) in [7, 11) is 0. The zero-order chi connectivity index (χ0) is 16.1. The third-order valence-electron chi connectivity index (χ3n) is 3.23. The molecule has 3 aromatic rings. The van der Waals surface area contributed by atoms with Crippen LogP contribution < -0.4 is 5.32 Å². The van der Waals surface area contributed by atoms with Crippen molar-refractivity contribution in [3.63, 3.8) is 0 Å². The van der Waals surface area contributed by atoms with Gasteiger partial charge in [0.15, 0.2) is 5.13 Å². The number of amides is 1. The summed E-state index contributed by atoms with van der Waals surface area (Å²) < 4.78 is 0. The number of benzene rings is 2. The molecule has 23 heavy (non-hydrogen) atoms. The van der Waals surface area contributed by atoms with Gasteiger partial charge in [-0.2, -0.15) is 0 Å². The van der Waals surface area contributed by atoms with Crippen molar-refractivity contribution in [1.82, 2.24) is 4.98 Å². The Kier molecular flexibility index (Phi) is 5.10. The van der Waals surface area contributed by atoms with Crippen molar-refractivity contribution in [2.75, 3.05) is 11.1 Å². The number of hydrogen-bond donors (Lipinski definition) is 1. The highest BCUT2D eigenvalue weighted by Crippen LogP contribution is 2.27. The second-order valence-electron chi connectivity index (χ2n) is 4.79. The maximum absolute atomic E-state index is 12.5. The normalized spacial score (nSPS) is 10.5. The second kappa shape index (κ2) is 7.44. The number of nitrogens with zero attached hydrogens (tertiary/aromatic N) is 1. The van der Waals surface area contributed by atoms with Crippen molar-refractivity contribution in [2.45, 2.75) is 11.8 Å². The lowest BCUT2D eigenvalue weighted by atomic mass is 10.2. The van der Waals surface area contributed by atoms with E-state index in [9.17, 15) is 4.79 Å². The molecule has 116 valence electrons. The summed E-state index contributed by atoms with van der Waals surface area (Å²) in [6.07, 6.45) is 0. The molecule has 0 bridgehead atoms. The number of thiazole rings is 1. The first-order valence-electron chi connectivity index (χ1n) is 7.32. The Bertz CT molecular complexity index is 800. The molecule has 3 nitrogen and oxygen atoms in total. The molecule has 1 N–H and O–H groups in total. The molecule has 0 fully saturated rings. The summed E-state index contributed by atoms with van der Waals surface area (Å²) in [5, 5.41) is 5.47. The molecule has 5 heteroatoms. The molecule has 0 atom stereocenters. The third-order valence-corrected chi connectivity index (χ3v) is 4.94. The molecule has 1 aromatic heterocycles. The van der Waals surface area contributed by atoms with Gasteiger partial charge in [0.2, 0.25) is 0 Å². The van der Waals surface area contributed by atoms with Gasteiger partial charge in [0.05, 0.1) is 11.3 Å². The fraction of sp³-hybridized carbons (Fsp3) is 0.111. The average molecular weight is 340 g/mol. The molecular formula is C18H16N2OS2. The minimum Gasteiger partial charge on any atom is -0.298 e. The largest absolute Gasteiger partial charge is 0.298 e. The number of aromatic nitrogens is 1. The second-order valence-corrected chi connectivity index (χ2v) is 6.95. The zero-order valence-electron chi connectivity index (χ0n) is 12.7. The van der Waals surface area contributed by atoms with Crippen molar-refractivity contribution in [2.24, 2.45) is 0 Å². The van der Waals surface area contributed by atoms with E-state index < -0.39 is 0 Å². The highest BCUT2D eigenvalue weighted by molar-refractivity contribution is 7.99. The molecule has 0 saturated heterocycles. The lowest BCUT2D eigenvalue weighted by molar-refractivity contribution is 0.102. The molecule has 1 amide bonds. The van der Waals surface area contributed by atoms with Crippen LogP contribution >= 0.6 is 23.1 Å². The Morgan fingerprint density at radius 3 is 2.65 bits per heavy atom. The van der Waals surface area contributed by atoms with Crippen LogP contribution in [0.1, 0.15) is 17.3 Å². The lowest BCUT2D eigenvalue weighted by Gasteiger charge is -2.07. The number of hydrogen-bond acceptors (Lipinski definition) is 4. The number of thioether (sulfide) groups is 1. The minimum absolute atomic E-state index is 0.115. The Balaban J connectivity index is 1.78. The van der Waals surface area contributed by atoms with Gasteiger partial charge in [0, 0.05) is 15.8 Å². The van der Waals surface area contributed by atoms with Gasteiger partial charge in [-0.25, -0.2) is 4.98 Å². The van der Waals surface area contributed by atoms with Crippen LogP contribution in [0, 0.1) is 0 Å². The monoisotopic (exact) mass is 340 g/mol. The van der Waals surface area contributed by atoms with Crippen LogP contribution in [-0.2, 0) is 0 Å². The number of carbonyl (C=O) groups excluding carboxylic acids is 1. The fourth-order valence-corrected chi connectivity index (χ4v) is 3.69. The quantitative estimate of drug-likeness (QED) is 0.651. The highest BCUT2D eigenvalue weighted by atomic mass is 32.2. The first kappa shape index (κ1) is 15.8. The number of rotatable bonds is 5. The van der Waals surface area contributed by atoms with E-state index in [4.69, 9.17) is 0 Å². The molecule has 0 radical (unpaired) electrons. The van der Waals surface area contributed by atoms with Crippen LogP contribution in [0.3, 0.4) is 0 Å². The smallest absolute Gasteiger partial charge is 0.258 e. The van der Waals surface area contributed by atoms with Crippen LogP contribution in [-0.4, -0.2) is 16.6 Å². The van der Waals surface area contributed by atoms with Crippen LogP contribution in [0.25, 0.3) is 11.3 Å². The van der Waals surface area contributed by atoms with E-state index in [2.05, 4.69) is 17.2 Å². The first-order chi connectivity index (χ1) is 11.3.